The van der Waals surface area contributed by atoms with Crippen molar-refractivity contribution in [2.45, 2.75) is 38.1 Å². The van der Waals surface area contributed by atoms with Crippen LogP contribution in [-0.2, 0) is 27.4 Å². The quantitative estimate of drug-likeness (QED) is 0.411. The summed E-state index contributed by atoms with van der Waals surface area (Å²) in [6.45, 7) is 4.57. The van der Waals surface area contributed by atoms with Crippen molar-refractivity contribution >= 4 is 11.7 Å². The minimum absolute atomic E-state index is 0.00376. The van der Waals surface area contributed by atoms with Gasteiger partial charge in [-0.1, -0.05) is 66.7 Å². The van der Waals surface area contributed by atoms with Gasteiger partial charge in [0.1, 0.15) is 0 Å². The molecule has 2 aliphatic heterocycles. The van der Waals surface area contributed by atoms with Crippen molar-refractivity contribution in [2.75, 3.05) is 38.2 Å². The number of carbonyl (C=O) groups is 1. The maximum Gasteiger partial charge on any atom is 0.319 e. The third-order valence-electron chi connectivity index (χ3n) is 6.92. The molecule has 3 atom stereocenters. The Kier molecular flexibility index (Phi) is 9.01. The first kappa shape index (κ1) is 26.3. The zero-order valence-electron chi connectivity index (χ0n) is 21.4. The van der Waals surface area contributed by atoms with Gasteiger partial charge in [-0.15, -0.1) is 0 Å². The molecule has 200 valence electrons. The molecule has 0 unspecified atom stereocenters. The van der Waals surface area contributed by atoms with Gasteiger partial charge in [-0.3, -0.25) is 4.90 Å². The number of morpholine rings is 1. The Hall–Kier alpha value is -3.27. The number of rotatable bonds is 8. The van der Waals surface area contributed by atoms with Crippen LogP contribution in [0.5, 0.6) is 0 Å². The molecule has 0 aliphatic carbocycles. The fraction of sp³-hybridized carbons (Fsp3) is 0.367. The fourth-order valence-electron chi connectivity index (χ4n) is 4.78. The lowest BCUT2D eigenvalue weighted by Gasteiger charge is -2.39. The standard InChI is InChI=1S/C30H35N3O5/c34-21-23-6-8-24(9-7-23)28-18-27(20-33-14-16-36-17-15-33)37-29(38-28)25-10-12-26(13-11-25)32-30(35)31-19-22-4-2-1-3-5-22/h1-13,27-29,34H,14-21H2,(H2,31,32,35)/t27-,28+,29+/m1/s1. The average molecular weight is 518 g/mol. The molecule has 3 aromatic carbocycles. The van der Waals surface area contributed by atoms with Gasteiger partial charge >= 0.3 is 6.03 Å². The minimum Gasteiger partial charge on any atom is -0.392 e. The number of nitrogens with one attached hydrogen (secondary N) is 2. The highest BCUT2D eigenvalue weighted by Crippen LogP contribution is 2.38. The summed E-state index contributed by atoms with van der Waals surface area (Å²) in [7, 11) is 0. The molecule has 8 heteroatoms. The predicted molar refractivity (Wildman–Crippen MR) is 144 cm³/mol. The predicted octanol–water partition coefficient (Wildman–Crippen LogP) is 4.38. The number of hydrogen-bond acceptors (Lipinski definition) is 6. The topological polar surface area (TPSA) is 92.3 Å². The number of hydrogen-bond donors (Lipinski definition) is 3. The third kappa shape index (κ3) is 7.18. The van der Waals surface area contributed by atoms with E-state index in [4.69, 9.17) is 14.2 Å². The third-order valence-corrected chi connectivity index (χ3v) is 6.92. The molecule has 38 heavy (non-hydrogen) atoms. The second kappa shape index (κ2) is 13.0. The summed E-state index contributed by atoms with van der Waals surface area (Å²) in [4.78, 5) is 14.7. The largest absolute Gasteiger partial charge is 0.392 e. The van der Waals surface area contributed by atoms with Crippen molar-refractivity contribution in [2.24, 2.45) is 0 Å². The van der Waals surface area contributed by atoms with Gasteiger partial charge in [-0.2, -0.15) is 0 Å². The summed E-state index contributed by atoms with van der Waals surface area (Å²) in [6.07, 6.45) is 0.0800. The summed E-state index contributed by atoms with van der Waals surface area (Å²) in [6, 6.07) is 25.0. The lowest BCUT2D eigenvalue weighted by Crippen LogP contribution is -2.44. The van der Waals surface area contributed by atoms with Gasteiger partial charge in [0.05, 0.1) is 32.0 Å². The molecule has 8 nitrogen and oxygen atoms in total. The van der Waals surface area contributed by atoms with E-state index in [-0.39, 0.29) is 24.8 Å². The summed E-state index contributed by atoms with van der Waals surface area (Å²) >= 11 is 0. The molecule has 0 saturated carbocycles. The number of urea groups is 1. The normalized spacial score (nSPS) is 22.1. The van der Waals surface area contributed by atoms with E-state index >= 15 is 0 Å². The van der Waals surface area contributed by atoms with E-state index in [9.17, 15) is 9.90 Å². The Balaban J connectivity index is 1.24. The smallest absolute Gasteiger partial charge is 0.319 e. The lowest BCUT2D eigenvalue weighted by atomic mass is 9.99. The second-order valence-electron chi connectivity index (χ2n) is 9.68. The number of aliphatic hydroxyl groups excluding tert-OH is 1. The number of ether oxygens (including phenoxy) is 3. The highest BCUT2D eigenvalue weighted by Gasteiger charge is 2.33. The maximum atomic E-state index is 12.3. The highest BCUT2D eigenvalue weighted by atomic mass is 16.7. The van der Waals surface area contributed by atoms with E-state index in [0.717, 1.165) is 61.5 Å². The maximum absolute atomic E-state index is 12.3. The van der Waals surface area contributed by atoms with Crippen molar-refractivity contribution in [1.82, 2.24) is 10.2 Å². The monoisotopic (exact) mass is 517 g/mol. The number of amides is 2. The van der Waals surface area contributed by atoms with E-state index in [1.807, 2.05) is 78.9 Å². The summed E-state index contributed by atoms with van der Waals surface area (Å²) in [5.74, 6) is 0. The van der Waals surface area contributed by atoms with Crippen LogP contribution >= 0.6 is 0 Å². The van der Waals surface area contributed by atoms with E-state index in [2.05, 4.69) is 15.5 Å². The molecule has 5 rings (SSSR count). The highest BCUT2D eigenvalue weighted by molar-refractivity contribution is 5.89. The van der Waals surface area contributed by atoms with Gasteiger partial charge in [-0.25, -0.2) is 4.79 Å². The summed E-state index contributed by atoms with van der Waals surface area (Å²) in [5, 5.41) is 15.2. The molecule has 0 spiro atoms. The molecule has 0 bridgehead atoms. The minimum atomic E-state index is -0.529. The SMILES string of the molecule is O=C(NCc1ccccc1)Nc1ccc([C@H]2O[C@@H](CN3CCOCC3)C[C@@H](c3ccc(CO)cc3)O2)cc1. The zero-order chi connectivity index (χ0) is 26.2. The van der Waals surface area contributed by atoms with Crippen LogP contribution in [0, 0.1) is 0 Å². The molecule has 2 amide bonds. The Morgan fingerprint density at radius 2 is 1.58 bits per heavy atom. The summed E-state index contributed by atoms with van der Waals surface area (Å²) in [5.41, 5.74) is 4.56. The first-order chi connectivity index (χ1) is 18.7. The Labute approximate surface area is 223 Å². The lowest BCUT2D eigenvalue weighted by molar-refractivity contribution is -0.253. The molecular formula is C30H35N3O5. The van der Waals surface area contributed by atoms with Crippen LogP contribution in [0.25, 0.3) is 0 Å². The Morgan fingerprint density at radius 1 is 0.868 bits per heavy atom. The van der Waals surface area contributed by atoms with Gasteiger partial charge < -0.3 is 30.0 Å². The molecule has 2 fully saturated rings. The molecule has 0 radical (unpaired) electrons. The fourth-order valence-corrected chi connectivity index (χ4v) is 4.78. The van der Waals surface area contributed by atoms with Crippen molar-refractivity contribution in [3.8, 4) is 0 Å². The van der Waals surface area contributed by atoms with Crippen molar-refractivity contribution in [3.63, 3.8) is 0 Å². The van der Waals surface area contributed by atoms with Gasteiger partial charge in [-0.05, 0) is 28.8 Å². The van der Waals surface area contributed by atoms with Crippen LogP contribution in [0.1, 0.15) is 41.1 Å². The number of anilines is 1. The first-order valence-corrected chi connectivity index (χ1v) is 13.2. The second-order valence-corrected chi connectivity index (χ2v) is 9.68. The molecule has 2 heterocycles. The number of benzene rings is 3. The van der Waals surface area contributed by atoms with E-state index < -0.39 is 6.29 Å². The van der Waals surface area contributed by atoms with E-state index in [1.54, 1.807) is 0 Å². The zero-order valence-corrected chi connectivity index (χ0v) is 21.4. The van der Waals surface area contributed by atoms with Crippen molar-refractivity contribution < 1.29 is 24.1 Å². The molecule has 0 aromatic heterocycles. The van der Waals surface area contributed by atoms with Gasteiger partial charge in [0.15, 0.2) is 6.29 Å². The van der Waals surface area contributed by atoms with Crippen LogP contribution in [0.4, 0.5) is 10.5 Å². The Bertz CT molecular complexity index is 1150. The number of carbonyl (C=O) groups excluding carboxylic acids is 1. The molecule has 2 aliphatic rings. The van der Waals surface area contributed by atoms with Crippen LogP contribution in [0.3, 0.4) is 0 Å². The van der Waals surface area contributed by atoms with Crippen molar-refractivity contribution in [3.05, 3.63) is 101 Å². The van der Waals surface area contributed by atoms with Crippen molar-refractivity contribution in [1.29, 1.82) is 0 Å². The van der Waals surface area contributed by atoms with Crippen LogP contribution in [0.15, 0.2) is 78.9 Å². The van der Waals surface area contributed by atoms with Crippen LogP contribution < -0.4 is 10.6 Å². The van der Waals surface area contributed by atoms with Crippen LogP contribution in [-0.4, -0.2) is 55.0 Å². The number of nitrogens with zero attached hydrogens (tertiary/aromatic N) is 1. The average Bonchev–Trinajstić information content (AvgIpc) is 2.97. The summed E-state index contributed by atoms with van der Waals surface area (Å²) < 4.78 is 18.4. The molecule has 3 N–H and O–H groups in total. The number of aliphatic hydroxyl groups is 1. The van der Waals surface area contributed by atoms with E-state index in [0.29, 0.717) is 12.2 Å². The molecular weight excluding hydrogens is 482 g/mol. The van der Waals surface area contributed by atoms with Crippen LogP contribution in [0.2, 0.25) is 0 Å². The molecule has 2 saturated heterocycles. The first-order valence-electron chi connectivity index (χ1n) is 13.2. The van der Waals surface area contributed by atoms with Gasteiger partial charge in [0.2, 0.25) is 0 Å². The van der Waals surface area contributed by atoms with Gasteiger partial charge in [0.25, 0.3) is 0 Å². The van der Waals surface area contributed by atoms with E-state index in [1.165, 1.54) is 0 Å². The Morgan fingerprint density at radius 3 is 2.29 bits per heavy atom. The molecule has 3 aromatic rings. The van der Waals surface area contributed by atoms with Gasteiger partial charge in [0, 0.05) is 43.9 Å².